The number of carbonyl (C=O) groups excluding carboxylic acids is 2. The number of hydrogen-bond acceptors (Lipinski definition) is 2. The predicted octanol–water partition coefficient (Wildman–Crippen LogP) is 3.99. The zero-order valence-corrected chi connectivity index (χ0v) is 14.7. The van der Waals surface area contributed by atoms with Gasteiger partial charge in [0.1, 0.15) is 0 Å². The number of para-hydroxylation sites is 2. The molecule has 0 heterocycles. The zero-order chi connectivity index (χ0) is 17.7. The molecule has 0 saturated heterocycles. The molecule has 4 nitrogen and oxygen atoms in total. The first-order valence-corrected chi connectivity index (χ1v) is 8.10. The van der Waals surface area contributed by atoms with E-state index in [1.807, 2.05) is 63.2 Å². The van der Waals surface area contributed by atoms with Crippen LogP contribution in [-0.4, -0.2) is 18.4 Å². The Labute approximate surface area is 143 Å². The second-order valence-corrected chi connectivity index (χ2v) is 6.02. The van der Waals surface area contributed by atoms with Crippen LogP contribution in [0.3, 0.4) is 0 Å². The standard InChI is InChI=1S/C20H24N2O2/c1-14-8-5-6-11-18(14)22(17(4)23)13-12-19(24)21-20-15(2)9-7-10-16(20)3/h5-11H,12-13H2,1-4H3,(H,21,24). The van der Waals surface area contributed by atoms with Crippen molar-refractivity contribution < 1.29 is 9.59 Å². The van der Waals surface area contributed by atoms with Crippen molar-refractivity contribution in [1.82, 2.24) is 0 Å². The first kappa shape index (κ1) is 17.7. The molecule has 0 spiro atoms. The third-order valence-corrected chi connectivity index (χ3v) is 4.09. The molecular formula is C20H24N2O2. The van der Waals surface area contributed by atoms with Gasteiger partial charge in [-0.15, -0.1) is 0 Å². The van der Waals surface area contributed by atoms with E-state index in [2.05, 4.69) is 5.32 Å². The van der Waals surface area contributed by atoms with Crippen LogP contribution in [0.2, 0.25) is 0 Å². The number of nitrogens with one attached hydrogen (secondary N) is 1. The van der Waals surface area contributed by atoms with Crippen molar-refractivity contribution in [3.63, 3.8) is 0 Å². The van der Waals surface area contributed by atoms with E-state index >= 15 is 0 Å². The van der Waals surface area contributed by atoms with Crippen molar-refractivity contribution >= 4 is 23.2 Å². The van der Waals surface area contributed by atoms with Crippen LogP contribution in [0.5, 0.6) is 0 Å². The molecule has 2 aromatic rings. The Balaban J connectivity index is 2.06. The summed E-state index contributed by atoms with van der Waals surface area (Å²) in [6, 6.07) is 13.6. The van der Waals surface area contributed by atoms with Gasteiger partial charge in [0.05, 0.1) is 0 Å². The summed E-state index contributed by atoms with van der Waals surface area (Å²) in [5.74, 6) is -0.156. The molecule has 0 saturated carbocycles. The highest BCUT2D eigenvalue weighted by molar-refractivity contribution is 5.95. The van der Waals surface area contributed by atoms with Gasteiger partial charge < -0.3 is 10.2 Å². The number of nitrogens with zero attached hydrogens (tertiary/aromatic N) is 1. The van der Waals surface area contributed by atoms with Crippen molar-refractivity contribution in [3.8, 4) is 0 Å². The van der Waals surface area contributed by atoms with Gasteiger partial charge >= 0.3 is 0 Å². The Morgan fingerprint density at radius 1 is 0.917 bits per heavy atom. The summed E-state index contributed by atoms with van der Waals surface area (Å²) in [4.78, 5) is 25.9. The second kappa shape index (κ2) is 7.77. The molecule has 0 aliphatic rings. The fraction of sp³-hybridized carbons (Fsp3) is 0.300. The van der Waals surface area contributed by atoms with Gasteiger partial charge in [0.15, 0.2) is 0 Å². The summed E-state index contributed by atoms with van der Waals surface area (Å²) >= 11 is 0. The van der Waals surface area contributed by atoms with Crippen LogP contribution in [0.25, 0.3) is 0 Å². The summed E-state index contributed by atoms with van der Waals surface area (Å²) in [6.45, 7) is 7.78. The number of carbonyl (C=O) groups is 2. The maximum Gasteiger partial charge on any atom is 0.226 e. The minimum Gasteiger partial charge on any atom is -0.326 e. The van der Waals surface area contributed by atoms with Crippen LogP contribution in [0.1, 0.15) is 30.0 Å². The molecule has 0 fully saturated rings. The quantitative estimate of drug-likeness (QED) is 0.904. The summed E-state index contributed by atoms with van der Waals surface area (Å²) in [7, 11) is 0. The lowest BCUT2D eigenvalue weighted by Crippen LogP contribution is -2.32. The minimum absolute atomic E-state index is 0.0656. The van der Waals surface area contributed by atoms with E-state index < -0.39 is 0 Å². The number of aryl methyl sites for hydroxylation is 3. The number of hydrogen-bond donors (Lipinski definition) is 1. The van der Waals surface area contributed by atoms with Gasteiger partial charge in [-0.05, 0) is 43.5 Å². The Morgan fingerprint density at radius 3 is 2.08 bits per heavy atom. The van der Waals surface area contributed by atoms with Crippen molar-refractivity contribution in [2.45, 2.75) is 34.1 Å². The monoisotopic (exact) mass is 324 g/mol. The summed E-state index contributed by atoms with van der Waals surface area (Å²) in [5.41, 5.74) is 4.79. The third kappa shape index (κ3) is 4.22. The Morgan fingerprint density at radius 2 is 1.50 bits per heavy atom. The van der Waals surface area contributed by atoms with Crippen LogP contribution < -0.4 is 10.2 Å². The highest BCUT2D eigenvalue weighted by Crippen LogP contribution is 2.21. The smallest absolute Gasteiger partial charge is 0.226 e. The fourth-order valence-corrected chi connectivity index (χ4v) is 2.74. The van der Waals surface area contributed by atoms with Gasteiger partial charge in [-0.3, -0.25) is 9.59 Å². The summed E-state index contributed by atoms with van der Waals surface area (Å²) < 4.78 is 0. The average molecular weight is 324 g/mol. The van der Waals surface area contributed by atoms with Crippen LogP contribution in [0.15, 0.2) is 42.5 Å². The largest absolute Gasteiger partial charge is 0.326 e. The normalized spacial score (nSPS) is 10.3. The van der Waals surface area contributed by atoms with E-state index in [1.165, 1.54) is 6.92 Å². The summed E-state index contributed by atoms with van der Waals surface area (Å²) in [6.07, 6.45) is 0.252. The van der Waals surface area contributed by atoms with Gasteiger partial charge in [-0.1, -0.05) is 36.4 Å². The second-order valence-electron chi connectivity index (χ2n) is 6.02. The molecule has 0 aliphatic carbocycles. The zero-order valence-electron chi connectivity index (χ0n) is 14.7. The molecule has 2 amide bonds. The van der Waals surface area contributed by atoms with Crippen molar-refractivity contribution in [1.29, 1.82) is 0 Å². The molecular weight excluding hydrogens is 300 g/mol. The van der Waals surface area contributed by atoms with E-state index in [9.17, 15) is 9.59 Å². The molecule has 0 unspecified atom stereocenters. The SMILES string of the molecule is CC(=O)N(CCC(=O)Nc1c(C)cccc1C)c1ccccc1C. The topological polar surface area (TPSA) is 49.4 Å². The fourth-order valence-electron chi connectivity index (χ4n) is 2.74. The maximum atomic E-state index is 12.3. The van der Waals surface area contributed by atoms with Crippen LogP contribution in [0, 0.1) is 20.8 Å². The molecule has 24 heavy (non-hydrogen) atoms. The highest BCUT2D eigenvalue weighted by Gasteiger charge is 2.15. The molecule has 0 aromatic heterocycles. The Bertz CT molecular complexity index is 733. The lowest BCUT2D eigenvalue weighted by Gasteiger charge is -2.23. The van der Waals surface area contributed by atoms with E-state index in [-0.39, 0.29) is 18.2 Å². The number of anilines is 2. The van der Waals surface area contributed by atoms with Gasteiger partial charge in [0, 0.05) is 31.3 Å². The summed E-state index contributed by atoms with van der Waals surface area (Å²) in [5, 5.41) is 2.96. The van der Waals surface area contributed by atoms with Crippen molar-refractivity contribution in [2.24, 2.45) is 0 Å². The third-order valence-electron chi connectivity index (χ3n) is 4.09. The molecule has 0 atom stereocenters. The van der Waals surface area contributed by atoms with Gasteiger partial charge in [0.2, 0.25) is 11.8 Å². The average Bonchev–Trinajstić information content (AvgIpc) is 2.52. The lowest BCUT2D eigenvalue weighted by molar-refractivity contribution is -0.117. The number of amides is 2. The van der Waals surface area contributed by atoms with Crippen LogP contribution >= 0.6 is 0 Å². The van der Waals surface area contributed by atoms with Crippen LogP contribution in [0.4, 0.5) is 11.4 Å². The molecule has 1 N–H and O–H groups in total. The number of rotatable bonds is 5. The van der Waals surface area contributed by atoms with Gasteiger partial charge in [-0.2, -0.15) is 0 Å². The van der Waals surface area contributed by atoms with Crippen LogP contribution in [-0.2, 0) is 9.59 Å². The van der Waals surface area contributed by atoms with Gasteiger partial charge in [-0.25, -0.2) is 0 Å². The van der Waals surface area contributed by atoms with E-state index in [1.54, 1.807) is 4.90 Å². The highest BCUT2D eigenvalue weighted by atomic mass is 16.2. The molecule has 0 bridgehead atoms. The van der Waals surface area contributed by atoms with E-state index in [0.717, 1.165) is 28.1 Å². The first-order chi connectivity index (χ1) is 11.4. The Hall–Kier alpha value is -2.62. The predicted molar refractivity (Wildman–Crippen MR) is 98.4 cm³/mol. The van der Waals surface area contributed by atoms with Gasteiger partial charge in [0.25, 0.3) is 0 Å². The van der Waals surface area contributed by atoms with Crippen molar-refractivity contribution in [3.05, 3.63) is 59.2 Å². The molecule has 2 rings (SSSR count). The molecule has 2 aromatic carbocycles. The molecule has 4 heteroatoms. The first-order valence-electron chi connectivity index (χ1n) is 8.10. The minimum atomic E-state index is -0.0905. The molecule has 0 aliphatic heterocycles. The number of benzene rings is 2. The van der Waals surface area contributed by atoms with Crippen molar-refractivity contribution in [2.75, 3.05) is 16.8 Å². The Kier molecular flexibility index (Phi) is 5.74. The van der Waals surface area contributed by atoms with E-state index in [4.69, 9.17) is 0 Å². The maximum absolute atomic E-state index is 12.3. The van der Waals surface area contributed by atoms with E-state index in [0.29, 0.717) is 6.54 Å². The molecule has 126 valence electrons. The molecule has 0 radical (unpaired) electrons. The lowest BCUT2D eigenvalue weighted by atomic mass is 10.1.